The zero-order chi connectivity index (χ0) is 65.5. The molecule has 0 fully saturated rings. The molecule has 1 aromatic heterocycles. The summed E-state index contributed by atoms with van der Waals surface area (Å²) in [6, 6.07) is 45.4. The van der Waals surface area contributed by atoms with Crippen LogP contribution in [-0.2, 0) is 13.2 Å². The number of allylic oxidation sites excluding steroid dienone is 5. The summed E-state index contributed by atoms with van der Waals surface area (Å²) in [7, 11) is 1.98. The van der Waals surface area contributed by atoms with Crippen LogP contribution in [-0.4, -0.2) is 23.0 Å². The Morgan fingerprint density at radius 1 is 0.460 bits per heavy atom. The van der Waals surface area contributed by atoms with Crippen molar-refractivity contribution < 1.29 is 27.0 Å². The molecule has 11 heteroatoms. The number of rotatable bonds is 16. The van der Waals surface area contributed by atoms with Crippen LogP contribution in [0.5, 0.6) is 11.5 Å². The Morgan fingerprint density at radius 2 is 0.885 bits per heavy atom. The van der Waals surface area contributed by atoms with Gasteiger partial charge in [0.15, 0.2) is 0 Å². The van der Waals surface area contributed by atoms with Gasteiger partial charge in [-0.15, -0.1) is 0 Å². The highest BCUT2D eigenvalue weighted by Crippen LogP contribution is 2.32. The van der Waals surface area contributed by atoms with Crippen LogP contribution in [0.3, 0.4) is 0 Å². The van der Waals surface area contributed by atoms with Gasteiger partial charge in [0.1, 0.15) is 17.3 Å². The fourth-order valence-electron chi connectivity index (χ4n) is 6.81. The Kier molecular flexibility index (Phi) is 39.6. The minimum Gasteiger partial charge on any atom is -0.493 e. The van der Waals surface area contributed by atoms with E-state index in [4.69, 9.17) is 44.3 Å². The Labute approximate surface area is 536 Å². The number of aromatic nitrogens is 2. The fraction of sp³-hybridized carbons (Fsp3) is 0.355. The second-order valence-electron chi connectivity index (χ2n) is 23.1. The van der Waals surface area contributed by atoms with Gasteiger partial charge in [-0.05, 0) is 133 Å². The molecule has 0 aliphatic rings. The van der Waals surface area contributed by atoms with Crippen LogP contribution in [0.2, 0.25) is 15.1 Å². The number of halogens is 7. The van der Waals surface area contributed by atoms with Crippen LogP contribution in [0.25, 0.3) is 30.4 Å². The zero-order valence-corrected chi connectivity index (χ0v) is 56.8. The molecule has 1 heterocycles. The monoisotopic (exact) mass is 1250 g/mol. The van der Waals surface area contributed by atoms with E-state index < -0.39 is 11.7 Å². The molecule has 0 aliphatic heterocycles. The molecule has 7 aromatic rings. The molecule has 0 spiro atoms. The highest BCUT2D eigenvalue weighted by molar-refractivity contribution is 6.32. The minimum atomic E-state index is -4.28. The number of benzene rings is 6. The molecule has 0 amide bonds. The first-order valence-corrected chi connectivity index (χ1v) is 31.0. The number of hydrogen-bond acceptors (Lipinski definition) is 3. The predicted octanol–water partition coefficient (Wildman–Crippen LogP) is 24.7. The molecule has 472 valence electrons. The van der Waals surface area contributed by atoms with Crippen LogP contribution in [0.15, 0.2) is 182 Å². The molecular formula is C76H97Cl3F4N2O2. The number of hydrogen-bond donors (Lipinski definition) is 0. The summed E-state index contributed by atoms with van der Waals surface area (Å²) in [5.74, 6) is 5.25. The number of ether oxygens (including phenoxy) is 2. The van der Waals surface area contributed by atoms with Gasteiger partial charge in [0.05, 0.1) is 24.5 Å². The lowest BCUT2D eigenvalue weighted by atomic mass is 10.0. The van der Waals surface area contributed by atoms with Crippen LogP contribution in [0, 0.1) is 61.1 Å². The van der Waals surface area contributed by atoms with E-state index in [-0.39, 0.29) is 17.3 Å². The van der Waals surface area contributed by atoms with Gasteiger partial charge in [0.25, 0.3) is 0 Å². The fourth-order valence-corrected chi connectivity index (χ4v) is 7.31. The summed E-state index contributed by atoms with van der Waals surface area (Å²) >= 11 is 17.5. The summed E-state index contributed by atoms with van der Waals surface area (Å²) in [6.45, 7) is 35.1. The maximum Gasteiger partial charge on any atom is 0.416 e. The van der Waals surface area contributed by atoms with E-state index in [2.05, 4.69) is 132 Å². The van der Waals surface area contributed by atoms with Gasteiger partial charge < -0.3 is 9.47 Å². The zero-order valence-electron chi connectivity index (χ0n) is 54.5. The van der Waals surface area contributed by atoms with Gasteiger partial charge in [-0.25, -0.2) is 4.39 Å². The summed E-state index contributed by atoms with van der Waals surface area (Å²) in [4.78, 5) is 0. The molecule has 0 bridgehead atoms. The van der Waals surface area contributed by atoms with Gasteiger partial charge in [-0.1, -0.05) is 283 Å². The third kappa shape index (κ3) is 38.3. The third-order valence-corrected chi connectivity index (χ3v) is 12.4. The molecule has 0 N–H and O–H groups in total. The number of aryl methyl sites for hydroxylation is 2. The molecular weight excluding hydrogens is 1160 g/mol. The Bertz CT molecular complexity index is 3040. The maximum atomic E-state index is 13.0. The summed E-state index contributed by atoms with van der Waals surface area (Å²) < 4.78 is 63.5. The SMILES string of the molecule is CC(C)/C=C/c1ccc(Cl)cc1.CC(C)/C=C/c1ccccc1C(F)(F)F.CC(C)/C=C/c1ccccc1Cl.CC(C)/C=C/c1ccccc1F.CC(C)COc1cccc(Cl)c1.CC(C)COc1ccccc1.Cc1nn(C)c(C)c1/C=C/C(C)C. The van der Waals surface area contributed by atoms with E-state index in [1.165, 1.54) is 41.1 Å². The summed E-state index contributed by atoms with van der Waals surface area (Å²) in [6.07, 6.45) is 15.7. The minimum absolute atomic E-state index is 0.158. The van der Waals surface area contributed by atoms with Crippen molar-refractivity contribution in [3.05, 3.63) is 248 Å². The van der Waals surface area contributed by atoms with Crippen LogP contribution >= 0.6 is 34.8 Å². The van der Waals surface area contributed by atoms with Crippen molar-refractivity contribution in [2.45, 2.75) is 117 Å². The van der Waals surface area contributed by atoms with Gasteiger partial charge in [0.2, 0.25) is 0 Å². The second kappa shape index (κ2) is 43.9. The van der Waals surface area contributed by atoms with Crippen molar-refractivity contribution in [3.8, 4) is 11.5 Å². The van der Waals surface area contributed by atoms with E-state index in [9.17, 15) is 17.6 Å². The second-order valence-corrected chi connectivity index (χ2v) is 24.4. The third-order valence-electron chi connectivity index (χ3n) is 11.5. The molecule has 4 nitrogen and oxygen atoms in total. The molecule has 0 aliphatic carbocycles. The van der Waals surface area contributed by atoms with E-state index in [1.54, 1.807) is 24.3 Å². The van der Waals surface area contributed by atoms with Crippen molar-refractivity contribution in [3.63, 3.8) is 0 Å². The van der Waals surface area contributed by atoms with Gasteiger partial charge in [0, 0.05) is 38.9 Å². The van der Waals surface area contributed by atoms with Crippen molar-refractivity contribution in [1.82, 2.24) is 9.78 Å². The molecule has 0 saturated carbocycles. The van der Waals surface area contributed by atoms with Gasteiger partial charge in [-0.2, -0.15) is 18.3 Å². The normalized spacial score (nSPS) is 11.3. The molecule has 0 saturated heterocycles. The van der Waals surface area contributed by atoms with Crippen molar-refractivity contribution in [1.29, 1.82) is 0 Å². The van der Waals surface area contributed by atoms with E-state index in [0.717, 1.165) is 57.1 Å². The molecule has 7 rings (SSSR count). The number of alkyl halides is 3. The highest BCUT2D eigenvalue weighted by Gasteiger charge is 2.32. The average Bonchev–Trinajstić information content (AvgIpc) is 3.03. The van der Waals surface area contributed by atoms with Crippen LogP contribution < -0.4 is 9.47 Å². The standard InChI is InChI=1S/C12H13F3.2C11H13Cl.C11H13F.C11H18N2.C10H13ClO.C10H14O/c1-9(2)7-8-10-5-3-4-6-11(10)12(13,14)15;1-9(2)3-4-10-5-7-11(12)8-6-10;2*1-9(2)7-8-10-5-3-4-6-11(10)12;1-8(2)6-7-11-9(3)12-13(5)10(11)4;1-8(2)7-12-10-5-3-4-9(11)6-10;1-9(2)8-11-10-6-4-3-5-7-10/h3-9H,1-2H3;3*3-9H,1-2H3;6-8H,1-5H3;3-6,8H,7H2,1-2H3;3-7,9H,8H2,1-2H3/b8-7+;4-3+;2*8-7+;7-6+;;. The van der Waals surface area contributed by atoms with Crippen molar-refractivity contribution >= 4 is 65.2 Å². The van der Waals surface area contributed by atoms with Crippen LogP contribution in [0.4, 0.5) is 17.6 Å². The van der Waals surface area contributed by atoms with E-state index in [0.29, 0.717) is 41.1 Å². The summed E-state index contributed by atoms with van der Waals surface area (Å²) in [5.41, 5.74) is 6.19. The predicted molar refractivity (Wildman–Crippen MR) is 371 cm³/mol. The van der Waals surface area contributed by atoms with E-state index >= 15 is 0 Å². The number of para-hydroxylation sites is 1. The molecule has 0 unspecified atom stereocenters. The Balaban J connectivity index is 0.000000508. The van der Waals surface area contributed by atoms with E-state index in [1.807, 2.05) is 154 Å². The largest absolute Gasteiger partial charge is 0.493 e. The maximum absolute atomic E-state index is 13.0. The lowest BCUT2D eigenvalue weighted by molar-refractivity contribution is -0.137. The molecule has 6 aromatic carbocycles. The highest BCUT2D eigenvalue weighted by atomic mass is 35.5. The lowest BCUT2D eigenvalue weighted by Crippen LogP contribution is -2.06. The lowest BCUT2D eigenvalue weighted by Gasteiger charge is -2.09. The average molecular weight is 1250 g/mol. The molecule has 0 atom stereocenters. The smallest absolute Gasteiger partial charge is 0.416 e. The molecule has 0 radical (unpaired) electrons. The Morgan fingerprint density at radius 3 is 1.36 bits per heavy atom. The first-order chi connectivity index (χ1) is 41.0. The first-order valence-electron chi connectivity index (χ1n) is 29.9. The van der Waals surface area contributed by atoms with Gasteiger partial charge >= 0.3 is 6.18 Å². The van der Waals surface area contributed by atoms with Crippen molar-refractivity contribution in [2.75, 3.05) is 13.2 Å². The quantitative estimate of drug-likeness (QED) is 0.0905. The molecule has 87 heavy (non-hydrogen) atoms. The van der Waals surface area contributed by atoms with Crippen molar-refractivity contribution in [2.24, 2.45) is 48.5 Å². The topological polar surface area (TPSA) is 36.3 Å². The Hall–Kier alpha value is -6.58. The summed E-state index contributed by atoms with van der Waals surface area (Å²) in [5, 5.41) is 6.68. The number of nitrogens with zero attached hydrogens (tertiary/aromatic N) is 2. The first kappa shape index (κ1) is 78.4. The van der Waals surface area contributed by atoms with Crippen LogP contribution in [0.1, 0.15) is 142 Å². The van der Waals surface area contributed by atoms with Gasteiger partial charge in [-0.3, -0.25) is 4.68 Å².